The molecule has 4 aliphatic rings. The predicted molar refractivity (Wildman–Crippen MR) is 113 cm³/mol. The lowest BCUT2D eigenvalue weighted by Crippen LogP contribution is -2.54. The molecule has 5 unspecified atom stereocenters. The summed E-state index contributed by atoms with van der Waals surface area (Å²) in [6.45, 7) is 0.858. The molecule has 6 atom stereocenters. The van der Waals surface area contributed by atoms with E-state index in [0.29, 0.717) is 18.4 Å². The maximum absolute atomic E-state index is 13.8. The van der Waals surface area contributed by atoms with Crippen LogP contribution < -0.4 is 10.6 Å². The molecule has 1 aromatic rings. The maximum Gasteiger partial charge on any atom is 0.226 e. The summed E-state index contributed by atoms with van der Waals surface area (Å²) < 4.78 is 13.5. The number of hydrogen-bond donors (Lipinski definition) is 2. The molecule has 1 aliphatic heterocycles. The lowest BCUT2D eigenvalue weighted by molar-refractivity contribution is -0.138. The SMILES string of the molecule is O=C(NC1CC2CNC1C2)C1(CCc2ccccc2)CC2CC[C@@](CCF)(C2)C1. The molecule has 0 spiro atoms. The van der Waals surface area contributed by atoms with E-state index in [2.05, 4.69) is 34.9 Å². The van der Waals surface area contributed by atoms with E-state index in [9.17, 15) is 9.18 Å². The minimum absolute atomic E-state index is 0.0542. The molecule has 1 amide bonds. The number of nitrogens with one attached hydrogen (secondary N) is 2. The summed E-state index contributed by atoms with van der Waals surface area (Å²) in [7, 11) is 0. The lowest BCUT2D eigenvalue weighted by atomic mass is 9.59. The van der Waals surface area contributed by atoms with Gasteiger partial charge in [0.2, 0.25) is 5.91 Å². The quantitative estimate of drug-likeness (QED) is 0.714. The van der Waals surface area contributed by atoms with E-state index in [4.69, 9.17) is 0 Å². The van der Waals surface area contributed by atoms with Gasteiger partial charge in [0.05, 0.1) is 12.1 Å². The molecular weight excluding hydrogens is 363 g/mol. The van der Waals surface area contributed by atoms with Crippen molar-refractivity contribution in [2.45, 2.75) is 76.3 Å². The number of piperidine rings is 1. The zero-order valence-electron chi connectivity index (χ0n) is 17.5. The van der Waals surface area contributed by atoms with E-state index in [1.54, 1.807) is 0 Å². The Hall–Kier alpha value is -1.42. The van der Waals surface area contributed by atoms with Crippen LogP contribution in [0.25, 0.3) is 0 Å². The average Bonchev–Trinajstić information content (AvgIpc) is 3.42. The van der Waals surface area contributed by atoms with Crippen LogP contribution in [0.4, 0.5) is 4.39 Å². The Morgan fingerprint density at radius 2 is 2.00 bits per heavy atom. The molecule has 1 heterocycles. The molecular formula is C25H35FN2O. The Labute approximate surface area is 174 Å². The number of halogens is 1. The van der Waals surface area contributed by atoms with E-state index in [0.717, 1.165) is 57.4 Å². The summed E-state index contributed by atoms with van der Waals surface area (Å²) in [5.41, 5.74) is 1.03. The second kappa shape index (κ2) is 7.68. The number of benzene rings is 1. The third-order valence-corrected chi connectivity index (χ3v) is 8.68. The third-order valence-electron chi connectivity index (χ3n) is 8.68. The van der Waals surface area contributed by atoms with Crippen LogP contribution in [0, 0.1) is 22.7 Å². The van der Waals surface area contributed by atoms with Crippen molar-refractivity contribution in [3.63, 3.8) is 0 Å². The molecule has 0 aromatic heterocycles. The second-order valence-electron chi connectivity index (χ2n) is 10.6. The van der Waals surface area contributed by atoms with Crippen molar-refractivity contribution in [1.29, 1.82) is 0 Å². The van der Waals surface area contributed by atoms with Gasteiger partial charge in [-0.25, -0.2) is 0 Å². The topological polar surface area (TPSA) is 41.1 Å². The van der Waals surface area contributed by atoms with Gasteiger partial charge in [0.15, 0.2) is 0 Å². The molecule has 3 nitrogen and oxygen atoms in total. The lowest BCUT2D eigenvalue weighted by Gasteiger charge is -2.46. The van der Waals surface area contributed by atoms with Crippen LogP contribution in [0.5, 0.6) is 0 Å². The minimum Gasteiger partial charge on any atom is -0.351 e. The fraction of sp³-hybridized carbons (Fsp3) is 0.720. The molecule has 29 heavy (non-hydrogen) atoms. The first kappa shape index (κ1) is 19.5. The summed E-state index contributed by atoms with van der Waals surface area (Å²) >= 11 is 0. The van der Waals surface area contributed by atoms with Gasteiger partial charge in [0, 0.05) is 12.1 Å². The maximum atomic E-state index is 13.8. The van der Waals surface area contributed by atoms with E-state index in [1.807, 2.05) is 6.07 Å². The van der Waals surface area contributed by atoms with E-state index < -0.39 is 0 Å². The predicted octanol–water partition coefficient (Wildman–Crippen LogP) is 4.41. The molecule has 1 aromatic carbocycles. The van der Waals surface area contributed by atoms with Crippen LogP contribution >= 0.6 is 0 Å². The summed E-state index contributed by atoms with van der Waals surface area (Å²) in [6, 6.07) is 11.3. The fourth-order valence-electron chi connectivity index (χ4n) is 7.36. The molecule has 4 fully saturated rings. The second-order valence-corrected chi connectivity index (χ2v) is 10.6. The summed E-state index contributed by atoms with van der Waals surface area (Å²) in [4.78, 5) is 13.8. The average molecular weight is 399 g/mol. The van der Waals surface area contributed by atoms with Gasteiger partial charge in [-0.2, -0.15) is 0 Å². The molecule has 2 N–H and O–H groups in total. The first-order valence-corrected chi connectivity index (χ1v) is 11.7. The number of rotatable bonds is 7. The smallest absolute Gasteiger partial charge is 0.226 e. The molecule has 158 valence electrons. The highest BCUT2D eigenvalue weighted by Crippen LogP contribution is 2.61. The Balaban J connectivity index is 1.37. The van der Waals surface area contributed by atoms with Crippen LogP contribution in [-0.4, -0.2) is 31.2 Å². The molecule has 4 heteroatoms. The number of carbonyl (C=O) groups is 1. The minimum atomic E-state index is -0.327. The highest BCUT2D eigenvalue weighted by atomic mass is 19.1. The van der Waals surface area contributed by atoms with Crippen molar-refractivity contribution < 1.29 is 9.18 Å². The van der Waals surface area contributed by atoms with Gasteiger partial charge in [-0.3, -0.25) is 9.18 Å². The van der Waals surface area contributed by atoms with Crippen molar-refractivity contribution in [3.05, 3.63) is 35.9 Å². The van der Waals surface area contributed by atoms with Gasteiger partial charge in [0.25, 0.3) is 0 Å². The summed E-state index contributed by atoms with van der Waals surface area (Å²) in [6.07, 6.45) is 10.1. The van der Waals surface area contributed by atoms with Crippen LogP contribution in [0.1, 0.15) is 63.4 Å². The van der Waals surface area contributed by atoms with Crippen molar-refractivity contribution >= 4 is 5.91 Å². The van der Waals surface area contributed by atoms with Crippen molar-refractivity contribution in [2.75, 3.05) is 13.2 Å². The fourth-order valence-corrected chi connectivity index (χ4v) is 7.36. The zero-order valence-corrected chi connectivity index (χ0v) is 17.5. The normalized spacial score (nSPS) is 40.3. The molecule has 1 saturated heterocycles. The molecule has 4 bridgehead atoms. The Morgan fingerprint density at radius 1 is 1.14 bits per heavy atom. The van der Waals surface area contributed by atoms with Crippen LogP contribution in [0.3, 0.4) is 0 Å². The van der Waals surface area contributed by atoms with Crippen LogP contribution in [-0.2, 0) is 11.2 Å². The van der Waals surface area contributed by atoms with Gasteiger partial charge in [0.1, 0.15) is 0 Å². The largest absolute Gasteiger partial charge is 0.351 e. The van der Waals surface area contributed by atoms with Gasteiger partial charge < -0.3 is 10.6 Å². The number of amides is 1. The molecule has 3 saturated carbocycles. The Bertz CT molecular complexity index is 736. The number of fused-ring (bicyclic) bond motifs is 4. The molecule has 3 aliphatic carbocycles. The van der Waals surface area contributed by atoms with E-state index in [1.165, 1.54) is 18.4 Å². The summed E-state index contributed by atoms with van der Waals surface area (Å²) in [5, 5.41) is 7.07. The van der Waals surface area contributed by atoms with Gasteiger partial charge >= 0.3 is 0 Å². The van der Waals surface area contributed by atoms with Crippen molar-refractivity contribution in [3.8, 4) is 0 Å². The van der Waals surface area contributed by atoms with E-state index in [-0.39, 0.29) is 29.5 Å². The highest BCUT2D eigenvalue weighted by molar-refractivity contribution is 5.83. The van der Waals surface area contributed by atoms with Crippen LogP contribution in [0.2, 0.25) is 0 Å². The Kier molecular flexibility index (Phi) is 5.18. The number of alkyl halides is 1. The molecule has 0 radical (unpaired) electrons. The van der Waals surface area contributed by atoms with Crippen molar-refractivity contribution in [1.82, 2.24) is 10.6 Å². The summed E-state index contributed by atoms with van der Waals surface area (Å²) in [5.74, 6) is 1.59. The first-order chi connectivity index (χ1) is 14.1. The third kappa shape index (κ3) is 3.73. The number of carbonyl (C=O) groups excluding carboxylic acids is 1. The number of hydrogen-bond acceptors (Lipinski definition) is 2. The van der Waals surface area contributed by atoms with E-state index >= 15 is 0 Å². The first-order valence-electron chi connectivity index (χ1n) is 11.7. The van der Waals surface area contributed by atoms with Gasteiger partial charge in [-0.05, 0) is 93.6 Å². The van der Waals surface area contributed by atoms with Gasteiger partial charge in [-0.1, -0.05) is 30.3 Å². The Morgan fingerprint density at radius 3 is 2.72 bits per heavy atom. The molecule has 5 rings (SSSR count). The number of aryl methyl sites for hydroxylation is 1. The monoisotopic (exact) mass is 398 g/mol. The van der Waals surface area contributed by atoms with Gasteiger partial charge in [-0.15, -0.1) is 0 Å². The van der Waals surface area contributed by atoms with Crippen LogP contribution in [0.15, 0.2) is 30.3 Å². The highest BCUT2D eigenvalue weighted by Gasteiger charge is 2.55. The van der Waals surface area contributed by atoms with Crippen molar-refractivity contribution in [2.24, 2.45) is 22.7 Å². The standard InChI is InChI=1S/C25H35FN2O/c26-11-10-24-8-6-19(14-24)15-25(17-24,9-7-18-4-2-1-3-5-18)23(29)28-22-13-20-12-21(22)27-16-20/h1-5,19-22,27H,6-17H2,(H,28,29)/t19?,20?,21?,22?,24-,25?/m1/s1. The zero-order chi connectivity index (χ0) is 19.9.